The molecule has 0 bridgehead atoms. The van der Waals surface area contributed by atoms with Gasteiger partial charge in [-0.15, -0.1) is 0 Å². The zero-order valence-electron chi connectivity index (χ0n) is 14.7. The van der Waals surface area contributed by atoms with Gasteiger partial charge in [0.15, 0.2) is 0 Å². The summed E-state index contributed by atoms with van der Waals surface area (Å²) in [5.74, 6) is 1.74. The van der Waals surface area contributed by atoms with Crippen molar-refractivity contribution in [3.63, 3.8) is 0 Å². The maximum atomic E-state index is 12.7. The zero-order valence-corrected chi connectivity index (χ0v) is 15.5. The molecule has 7 heteroatoms. The number of hydrogen-bond acceptors (Lipinski definition) is 4. The summed E-state index contributed by atoms with van der Waals surface area (Å²) in [5, 5.41) is 2.89. The Bertz CT molecular complexity index is 724. The number of rotatable bonds is 8. The van der Waals surface area contributed by atoms with Crippen molar-refractivity contribution >= 4 is 23.0 Å². The molecule has 1 aromatic rings. The van der Waals surface area contributed by atoms with Gasteiger partial charge < -0.3 is 20.3 Å². The van der Waals surface area contributed by atoms with Crippen molar-refractivity contribution in [3.05, 3.63) is 29.3 Å². The number of nitrogens with two attached hydrogens (primary N) is 1. The maximum absolute atomic E-state index is 12.7. The van der Waals surface area contributed by atoms with Gasteiger partial charge in [0.1, 0.15) is 22.8 Å². The Kier molecular flexibility index (Phi) is 4.61. The van der Waals surface area contributed by atoms with Crippen molar-refractivity contribution in [2.75, 3.05) is 18.1 Å². The van der Waals surface area contributed by atoms with Gasteiger partial charge in [-0.2, -0.15) is 0 Å². The van der Waals surface area contributed by atoms with Crippen LogP contribution >= 0.6 is 0 Å². The Balaban J connectivity index is 1.49. The van der Waals surface area contributed by atoms with Gasteiger partial charge in [-0.05, 0) is 66.4 Å². The fourth-order valence-corrected chi connectivity index (χ4v) is 4.96. The number of nitrogens with one attached hydrogen (secondary N) is 1. The molecule has 1 heterocycles. The first-order valence-electron chi connectivity index (χ1n) is 9.17. The number of benzene rings is 1. The molecule has 3 fully saturated rings. The molecule has 0 radical (unpaired) electrons. The summed E-state index contributed by atoms with van der Waals surface area (Å²) < 4.78 is 17.5. The first-order valence-corrected chi connectivity index (χ1v) is 10.7. The van der Waals surface area contributed by atoms with Gasteiger partial charge in [0.05, 0.1) is 13.0 Å². The summed E-state index contributed by atoms with van der Waals surface area (Å²) in [5.41, 5.74) is 6.20. The lowest BCUT2D eigenvalue weighted by Crippen LogP contribution is -2.66. The normalized spacial score (nSPS) is 27.5. The Morgan fingerprint density at radius 1 is 1.27 bits per heavy atom. The Hall–Kier alpha value is -1.73. The summed E-state index contributed by atoms with van der Waals surface area (Å²) in [6.07, 6.45) is 4.77. The fourth-order valence-electron chi connectivity index (χ4n) is 3.46. The van der Waals surface area contributed by atoms with Crippen LogP contribution < -0.4 is 15.8 Å². The van der Waals surface area contributed by atoms with Gasteiger partial charge in [0.25, 0.3) is 5.91 Å². The van der Waals surface area contributed by atoms with E-state index in [2.05, 4.69) is 5.32 Å². The van der Waals surface area contributed by atoms with Crippen LogP contribution in [0.4, 0.5) is 0 Å². The number of primary amides is 1. The standard InChI is InChI=1S/C19H24N2O4S/c20-17(22)8-19(10-26(24)11-19)21-18(23)14-5-6-15(13-3-4-13)16(7-14)25-9-12-1-2-12/h5-7,12-13H,1-4,8-11H2,(H2,20,22)(H,21,23). The minimum absolute atomic E-state index is 0.00960. The molecule has 2 amide bonds. The van der Waals surface area contributed by atoms with Gasteiger partial charge >= 0.3 is 0 Å². The molecule has 4 rings (SSSR count). The van der Waals surface area contributed by atoms with Crippen molar-refractivity contribution in [3.8, 4) is 5.75 Å². The number of carbonyl (C=O) groups excluding carboxylic acids is 2. The van der Waals surface area contributed by atoms with E-state index in [0.29, 0.717) is 24.0 Å². The van der Waals surface area contributed by atoms with Crippen molar-refractivity contribution in [1.82, 2.24) is 5.32 Å². The predicted octanol–water partition coefficient (Wildman–Crippen LogP) is 1.46. The zero-order chi connectivity index (χ0) is 18.3. The lowest BCUT2D eigenvalue weighted by Gasteiger charge is -2.41. The molecular weight excluding hydrogens is 352 g/mol. The van der Waals surface area contributed by atoms with Crippen molar-refractivity contribution in [2.24, 2.45) is 11.7 Å². The maximum Gasteiger partial charge on any atom is 0.252 e. The van der Waals surface area contributed by atoms with E-state index in [1.807, 2.05) is 6.07 Å². The lowest BCUT2D eigenvalue weighted by atomic mass is 9.97. The number of ether oxygens (including phenoxy) is 1. The van der Waals surface area contributed by atoms with E-state index >= 15 is 0 Å². The van der Waals surface area contributed by atoms with Crippen molar-refractivity contribution in [1.29, 1.82) is 0 Å². The second-order valence-electron chi connectivity index (χ2n) is 7.89. The van der Waals surface area contributed by atoms with Gasteiger partial charge in [-0.1, -0.05) is 6.07 Å². The second kappa shape index (κ2) is 6.78. The van der Waals surface area contributed by atoms with Crippen molar-refractivity contribution < 1.29 is 18.9 Å². The van der Waals surface area contributed by atoms with Crippen LogP contribution in [0.1, 0.15) is 53.9 Å². The molecule has 26 heavy (non-hydrogen) atoms. The smallest absolute Gasteiger partial charge is 0.252 e. The van der Waals surface area contributed by atoms with E-state index in [-0.39, 0.29) is 23.8 Å². The lowest BCUT2D eigenvalue weighted by molar-refractivity contribution is -0.119. The Morgan fingerprint density at radius 3 is 2.58 bits per heavy atom. The molecule has 0 atom stereocenters. The predicted molar refractivity (Wildman–Crippen MR) is 98.5 cm³/mol. The third-order valence-corrected chi connectivity index (χ3v) is 6.98. The summed E-state index contributed by atoms with van der Waals surface area (Å²) in [6.45, 7) is 0.704. The minimum atomic E-state index is -1.01. The first-order chi connectivity index (χ1) is 12.4. The van der Waals surface area contributed by atoms with E-state index < -0.39 is 22.6 Å². The van der Waals surface area contributed by atoms with Crippen LogP contribution in [-0.2, 0) is 16.0 Å². The molecule has 1 saturated heterocycles. The molecule has 1 aliphatic heterocycles. The highest BCUT2D eigenvalue weighted by molar-refractivity contribution is 7.93. The number of hydrogen-bond donors (Lipinski definition) is 2. The summed E-state index contributed by atoms with van der Waals surface area (Å²) in [6, 6.07) is 5.59. The SMILES string of the molecule is NC(=O)CC1(NC(=O)c2ccc(C3CC3)c(OCC3CC3)c2)C[S+]([O-])C1. The number of carbonyl (C=O) groups is 2. The third-order valence-electron chi connectivity index (χ3n) is 5.23. The molecular formula is C19H24N2O4S. The van der Waals surface area contributed by atoms with Crippen LogP contribution in [0, 0.1) is 5.92 Å². The van der Waals surface area contributed by atoms with Gasteiger partial charge in [0, 0.05) is 5.56 Å². The Morgan fingerprint density at radius 2 is 2.00 bits per heavy atom. The summed E-state index contributed by atoms with van der Waals surface area (Å²) in [4.78, 5) is 24.0. The van der Waals surface area contributed by atoms with Gasteiger partial charge in [-0.3, -0.25) is 9.59 Å². The first kappa shape index (κ1) is 17.7. The van der Waals surface area contributed by atoms with Crippen LogP contribution in [0.25, 0.3) is 0 Å². The Labute approximate surface area is 156 Å². The van der Waals surface area contributed by atoms with Gasteiger partial charge in [-0.25, -0.2) is 0 Å². The van der Waals surface area contributed by atoms with E-state index in [9.17, 15) is 14.1 Å². The highest BCUT2D eigenvalue weighted by atomic mass is 32.2. The summed E-state index contributed by atoms with van der Waals surface area (Å²) >= 11 is -1.01. The molecule has 0 unspecified atom stereocenters. The molecule has 1 aromatic carbocycles. The van der Waals surface area contributed by atoms with Crippen LogP contribution in [0.15, 0.2) is 18.2 Å². The molecule has 3 N–H and O–H groups in total. The largest absolute Gasteiger partial charge is 0.616 e. The molecule has 0 spiro atoms. The van der Waals surface area contributed by atoms with E-state index in [1.54, 1.807) is 12.1 Å². The number of amides is 2. The molecule has 0 aromatic heterocycles. The van der Waals surface area contributed by atoms with Crippen LogP contribution in [0.5, 0.6) is 5.75 Å². The molecule has 140 valence electrons. The van der Waals surface area contributed by atoms with Crippen LogP contribution in [0.3, 0.4) is 0 Å². The monoisotopic (exact) mass is 376 g/mol. The molecule has 2 saturated carbocycles. The third kappa shape index (κ3) is 3.99. The quantitative estimate of drug-likeness (QED) is 0.670. The van der Waals surface area contributed by atoms with Crippen LogP contribution in [0.2, 0.25) is 0 Å². The topological polar surface area (TPSA) is 104 Å². The van der Waals surface area contributed by atoms with Crippen LogP contribution in [-0.4, -0.2) is 40.0 Å². The summed E-state index contributed by atoms with van der Waals surface area (Å²) in [7, 11) is 0. The second-order valence-corrected chi connectivity index (χ2v) is 9.34. The minimum Gasteiger partial charge on any atom is -0.616 e. The van der Waals surface area contributed by atoms with E-state index in [1.165, 1.54) is 31.2 Å². The van der Waals surface area contributed by atoms with Gasteiger partial charge in [0.2, 0.25) is 5.91 Å². The average Bonchev–Trinajstić information content (AvgIpc) is 3.44. The fraction of sp³-hybridized carbons (Fsp3) is 0.579. The average molecular weight is 376 g/mol. The molecule has 2 aliphatic carbocycles. The van der Waals surface area contributed by atoms with E-state index in [0.717, 1.165) is 5.75 Å². The molecule has 3 aliphatic rings. The highest BCUT2D eigenvalue weighted by Crippen LogP contribution is 2.45. The highest BCUT2D eigenvalue weighted by Gasteiger charge is 2.51. The van der Waals surface area contributed by atoms with E-state index in [4.69, 9.17) is 10.5 Å². The van der Waals surface area contributed by atoms with Crippen molar-refractivity contribution in [2.45, 2.75) is 43.6 Å². The molecule has 6 nitrogen and oxygen atoms in total.